The molecule has 1 saturated heterocycles. The van der Waals surface area contributed by atoms with Crippen molar-refractivity contribution in [2.24, 2.45) is 0 Å². The third kappa shape index (κ3) is 6.01. The molecule has 1 atom stereocenters. The highest BCUT2D eigenvalue weighted by molar-refractivity contribution is 7.80. The predicted molar refractivity (Wildman–Crippen MR) is 122 cm³/mol. The van der Waals surface area contributed by atoms with Crippen molar-refractivity contribution in [1.82, 2.24) is 20.1 Å². The van der Waals surface area contributed by atoms with Crippen LogP contribution in [0.25, 0.3) is 10.9 Å². The van der Waals surface area contributed by atoms with Crippen molar-refractivity contribution in [3.05, 3.63) is 45.7 Å². The van der Waals surface area contributed by atoms with Crippen molar-refractivity contribution in [2.45, 2.75) is 38.8 Å². The summed E-state index contributed by atoms with van der Waals surface area (Å²) in [5.41, 5.74) is 2.63. The van der Waals surface area contributed by atoms with E-state index in [9.17, 15) is 4.79 Å². The first-order chi connectivity index (χ1) is 13.9. The van der Waals surface area contributed by atoms with Crippen LogP contribution in [0.3, 0.4) is 0 Å². The normalized spacial score (nSPS) is 16.5. The summed E-state index contributed by atoms with van der Waals surface area (Å²) in [5.74, 6) is 0. The molecular formula is C22H32N4O2S. The number of fused-ring (bicyclic) bond motifs is 1. The number of thiocarbonyl (C=S) groups is 1. The van der Waals surface area contributed by atoms with Crippen LogP contribution in [0.15, 0.2) is 29.1 Å². The second kappa shape index (κ2) is 10.2. The minimum Gasteiger partial charge on any atom is -0.376 e. The van der Waals surface area contributed by atoms with Crippen LogP contribution in [0, 0.1) is 6.92 Å². The summed E-state index contributed by atoms with van der Waals surface area (Å²) in [7, 11) is 4.13. The lowest BCUT2D eigenvalue weighted by Gasteiger charge is -2.28. The van der Waals surface area contributed by atoms with E-state index in [1.807, 2.05) is 31.2 Å². The van der Waals surface area contributed by atoms with E-state index >= 15 is 0 Å². The van der Waals surface area contributed by atoms with Gasteiger partial charge < -0.3 is 24.8 Å². The molecular weight excluding hydrogens is 384 g/mol. The number of aromatic nitrogens is 1. The number of para-hydroxylation sites is 1. The molecule has 1 unspecified atom stereocenters. The minimum atomic E-state index is -0.0560. The molecule has 2 aromatic rings. The Morgan fingerprint density at radius 2 is 2.21 bits per heavy atom. The Balaban J connectivity index is 1.75. The number of ether oxygens (including phenoxy) is 1. The van der Waals surface area contributed by atoms with E-state index < -0.39 is 0 Å². The monoisotopic (exact) mass is 416 g/mol. The lowest BCUT2D eigenvalue weighted by Crippen LogP contribution is -2.44. The molecule has 3 rings (SSSR count). The van der Waals surface area contributed by atoms with Gasteiger partial charge in [0.15, 0.2) is 5.11 Å². The van der Waals surface area contributed by atoms with Crippen molar-refractivity contribution < 1.29 is 4.74 Å². The molecule has 0 aliphatic carbocycles. The minimum absolute atomic E-state index is 0.0560. The van der Waals surface area contributed by atoms with Crippen LogP contribution in [0.5, 0.6) is 0 Å². The van der Waals surface area contributed by atoms with Gasteiger partial charge in [0.2, 0.25) is 0 Å². The SMILES string of the molecule is Cc1cccc2cc(CN(CC3CCCO3)C(=S)NCCCN(C)C)c(=O)[nH]c12. The second-order valence-electron chi connectivity index (χ2n) is 8.07. The van der Waals surface area contributed by atoms with Crippen LogP contribution < -0.4 is 10.9 Å². The highest BCUT2D eigenvalue weighted by Gasteiger charge is 2.22. The van der Waals surface area contributed by atoms with Crippen LogP contribution in [0.2, 0.25) is 0 Å². The molecule has 2 N–H and O–H groups in total. The number of hydrogen-bond acceptors (Lipinski definition) is 4. The Labute approximate surface area is 178 Å². The molecule has 1 aromatic heterocycles. The van der Waals surface area contributed by atoms with Gasteiger partial charge >= 0.3 is 0 Å². The van der Waals surface area contributed by atoms with Crippen LogP contribution in [0.1, 0.15) is 30.4 Å². The highest BCUT2D eigenvalue weighted by atomic mass is 32.1. The summed E-state index contributed by atoms with van der Waals surface area (Å²) in [5, 5.41) is 5.09. The third-order valence-electron chi connectivity index (χ3n) is 5.32. The third-order valence-corrected chi connectivity index (χ3v) is 5.72. The quantitative estimate of drug-likeness (QED) is 0.510. The average molecular weight is 417 g/mol. The molecule has 1 aromatic carbocycles. The van der Waals surface area contributed by atoms with Crippen molar-refractivity contribution in [3.8, 4) is 0 Å². The number of H-pyrrole nitrogens is 1. The van der Waals surface area contributed by atoms with Crippen LogP contribution in [-0.2, 0) is 11.3 Å². The molecule has 1 aliphatic heterocycles. The standard InChI is InChI=1S/C22H32N4O2S/c1-16-7-4-8-17-13-18(21(27)24-20(16)17)14-26(15-19-9-5-12-28-19)22(29)23-10-6-11-25(2)3/h4,7-8,13,19H,5-6,9-12,14-15H2,1-3H3,(H,23,29)(H,24,27). The summed E-state index contributed by atoms with van der Waals surface area (Å²) < 4.78 is 5.82. The fraction of sp³-hybridized carbons (Fsp3) is 0.545. The largest absolute Gasteiger partial charge is 0.376 e. The number of aromatic amines is 1. The molecule has 0 spiro atoms. The van der Waals surface area contributed by atoms with Crippen LogP contribution >= 0.6 is 12.2 Å². The van der Waals surface area contributed by atoms with Gasteiger partial charge in [0, 0.05) is 25.3 Å². The summed E-state index contributed by atoms with van der Waals surface area (Å²) >= 11 is 5.68. The van der Waals surface area contributed by atoms with Gasteiger partial charge in [-0.25, -0.2) is 0 Å². The summed E-state index contributed by atoms with van der Waals surface area (Å²) in [6.07, 6.45) is 3.29. The van der Waals surface area contributed by atoms with Crippen molar-refractivity contribution >= 4 is 28.2 Å². The van der Waals surface area contributed by atoms with Crippen LogP contribution in [-0.4, -0.2) is 66.3 Å². The molecule has 1 fully saturated rings. The second-order valence-corrected chi connectivity index (χ2v) is 8.45. The first-order valence-electron chi connectivity index (χ1n) is 10.3. The van der Waals surface area contributed by atoms with E-state index in [0.717, 1.165) is 61.0 Å². The molecule has 2 heterocycles. The molecule has 158 valence electrons. The number of pyridine rings is 1. The lowest BCUT2D eigenvalue weighted by molar-refractivity contribution is 0.0897. The van der Waals surface area contributed by atoms with Gasteiger partial charge in [-0.15, -0.1) is 0 Å². The Bertz CT molecular complexity index is 890. The number of nitrogens with zero attached hydrogens (tertiary/aromatic N) is 2. The molecule has 0 bridgehead atoms. The zero-order valence-corrected chi connectivity index (χ0v) is 18.5. The molecule has 0 saturated carbocycles. The number of benzene rings is 1. The highest BCUT2D eigenvalue weighted by Crippen LogP contribution is 2.18. The van der Waals surface area contributed by atoms with Crippen molar-refractivity contribution in [3.63, 3.8) is 0 Å². The van der Waals surface area contributed by atoms with Gasteiger partial charge in [-0.3, -0.25) is 4.79 Å². The zero-order valence-electron chi connectivity index (χ0n) is 17.7. The van der Waals surface area contributed by atoms with E-state index in [1.165, 1.54) is 0 Å². The summed E-state index contributed by atoms with van der Waals surface area (Å²) in [6, 6.07) is 8.04. The van der Waals surface area contributed by atoms with Gasteiger partial charge in [0.1, 0.15) is 0 Å². The number of nitrogens with one attached hydrogen (secondary N) is 2. The van der Waals surface area contributed by atoms with E-state index in [0.29, 0.717) is 18.2 Å². The molecule has 6 nitrogen and oxygen atoms in total. The fourth-order valence-corrected chi connectivity index (χ4v) is 3.95. The maximum atomic E-state index is 12.7. The van der Waals surface area contributed by atoms with Crippen molar-refractivity contribution in [1.29, 1.82) is 0 Å². The molecule has 29 heavy (non-hydrogen) atoms. The molecule has 0 amide bonds. The number of rotatable bonds is 8. The predicted octanol–water partition coefficient (Wildman–Crippen LogP) is 2.64. The van der Waals surface area contributed by atoms with Crippen LogP contribution in [0.4, 0.5) is 0 Å². The molecule has 7 heteroatoms. The van der Waals surface area contributed by atoms with Crippen molar-refractivity contribution in [2.75, 3.05) is 40.3 Å². The maximum Gasteiger partial charge on any atom is 0.253 e. The lowest BCUT2D eigenvalue weighted by atomic mass is 10.1. The Morgan fingerprint density at radius 1 is 1.38 bits per heavy atom. The van der Waals surface area contributed by atoms with E-state index in [-0.39, 0.29) is 11.7 Å². The summed E-state index contributed by atoms with van der Waals surface area (Å²) in [4.78, 5) is 20.0. The van der Waals surface area contributed by atoms with E-state index in [1.54, 1.807) is 0 Å². The molecule has 1 aliphatic rings. The Kier molecular flexibility index (Phi) is 7.64. The van der Waals surface area contributed by atoms with Gasteiger partial charge in [0.25, 0.3) is 5.56 Å². The average Bonchev–Trinajstić information content (AvgIpc) is 3.19. The fourth-order valence-electron chi connectivity index (χ4n) is 3.71. The van der Waals surface area contributed by atoms with Gasteiger partial charge in [-0.2, -0.15) is 0 Å². The zero-order chi connectivity index (χ0) is 20.8. The molecule has 0 radical (unpaired) electrons. The number of aryl methyl sites for hydroxylation is 1. The Hall–Kier alpha value is -1.96. The van der Waals surface area contributed by atoms with Gasteiger partial charge in [-0.1, -0.05) is 18.2 Å². The Morgan fingerprint density at radius 3 is 2.93 bits per heavy atom. The first-order valence-corrected chi connectivity index (χ1v) is 10.8. The maximum absolute atomic E-state index is 12.7. The summed E-state index contributed by atoms with van der Waals surface area (Å²) in [6.45, 7) is 5.80. The van der Waals surface area contributed by atoms with Gasteiger partial charge in [0.05, 0.1) is 18.2 Å². The topological polar surface area (TPSA) is 60.6 Å². The number of hydrogen-bond donors (Lipinski definition) is 2. The van der Waals surface area contributed by atoms with E-state index in [2.05, 4.69) is 34.2 Å². The smallest absolute Gasteiger partial charge is 0.253 e. The van der Waals surface area contributed by atoms with Gasteiger partial charge in [-0.05, 0) is 76.1 Å². The van der Waals surface area contributed by atoms with E-state index in [4.69, 9.17) is 17.0 Å². The first kappa shape index (κ1) is 21.7.